The molecule has 1 aliphatic heterocycles. The van der Waals surface area contributed by atoms with Crippen LogP contribution in [0.5, 0.6) is 5.75 Å². The number of halogens is 1. The van der Waals surface area contributed by atoms with Crippen LogP contribution in [0.2, 0.25) is 0 Å². The molecule has 0 spiro atoms. The zero-order chi connectivity index (χ0) is 37.3. The average molecular weight is 852 g/mol. The molecule has 4 N–H and O–H groups in total. The van der Waals surface area contributed by atoms with E-state index in [2.05, 4.69) is 146 Å². The van der Waals surface area contributed by atoms with Gasteiger partial charge in [-0.2, -0.15) is 0 Å². The summed E-state index contributed by atoms with van der Waals surface area (Å²) >= 11 is 2.92. The fourth-order valence-electron chi connectivity index (χ4n) is 7.41. The predicted octanol–water partition coefficient (Wildman–Crippen LogP) is 9.56. The third-order valence-corrected chi connectivity index (χ3v) is 22.1. The van der Waals surface area contributed by atoms with Crippen LogP contribution in [-0.4, -0.2) is 31.2 Å². The number of ether oxygens (including phenoxy) is 1. The maximum atomic E-state index is 6.09. The molecule has 6 rings (SSSR count). The Labute approximate surface area is 335 Å². The fourth-order valence-corrected chi connectivity index (χ4v) is 16.2. The number of benzene rings is 5. The second-order valence-electron chi connectivity index (χ2n) is 14.2. The summed E-state index contributed by atoms with van der Waals surface area (Å²) in [5.74, 6) is 1.89. The van der Waals surface area contributed by atoms with Crippen LogP contribution in [-0.2, 0) is 6.42 Å². The smallest absolute Gasteiger partial charge is 0.200 e. The van der Waals surface area contributed by atoms with E-state index in [1.165, 1.54) is 79.0 Å². The molecule has 54 heavy (non-hydrogen) atoms. The molecule has 0 radical (unpaired) electrons. The molecule has 1 atom stereocenters. The molecule has 0 aliphatic carbocycles. The number of guanidine groups is 2. The third kappa shape index (κ3) is 10.3. The van der Waals surface area contributed by atoms with Crippen molar-refractivity contribution in [2.75, 3.05) is 19.3 Å². The summed E-state index contributed by atoms with van der Waals surface area (Å²) in [7, 11) is 0. The largest absolute Gasteiger partial charge is 0.330 e. The van der Waals surface area contributed by atoms with Crippen molar-refractivity contribution in [3.63, 3.8) is 0 Å². The van der Waals surface area contributed by atoms with Crippen LogP contribution in [0.3, 0.4) is 0 Å². The molecular weight excluding hydrogens is 796 g/mol. The molecule has 1 unspecified atom stereocenters. The minimum absolute atomic E-state index is 0.285. The molecule has 5 aromatic rings. The summed E-state index contributed by atoms with van der Waals surface area (Å²) in [5.41, 5.74) is 8.36. The summed E-state index contributed by atoms with van der Waals surface area (Å²) in [6.07, 6.45) is 13.0. The monoisotopic (exact) mass is 851 g/mol. The molecule has 8 heteroatoms. The summed E-state index contributed by atoms with van der Waals surface area (Å²) in [5, 5.41) is 10.8. The van der Waals surface area contributed by atoms with Crippen molar-refractivity contribution in [3.05, 3.63) is 157 Å². The van der Waals surface area contributed by atoms with Crippen molar-refractivity contribution < 1.29 is 4.74 Å². The van der Waals surface area contributed by atoms with E-state index in [1.807, 2.05) is 42.5 Å². The quantitative estimate of drug-likeness (QED) is 0.0414. The van der Waals surface area contributed by atoms with Gasteiger partial charge in [0, 0.05) is 6.54 Å². The Morgan fingerprint density at radius 1 is 0.611 bits per heavy atom. The van der Waals surface area contributed by atoms with Crippen molar-refractivity contribution in [1.82, 2.24) is 10.6 Å². The molecule has 1 aliphatic rings. The van der Waals surface area contributed by atoms with Gasteiger partial charge in [0.05, 0.1) is 0 Å². The van der Waals surface area contributed by atoms with E-state index in [-0.39, 0.29) is 6.17 Å². The summed E-state index contributed by atoms with van der Waals surface area (Å²) < 4.78 is 3.43. The van der Waals surface area contributed by atoms with Gasteiger partial charge in [-0.3, -0.25) is 10.3 Å². The van der Waals surface area contributed by atoms with Crippen LogP contribution in [0.15, 0.2) is 156 Å². The van der Waals surface area contributed by atoms with Gasteiger partial charge in [0.15, 0.2) is 18.1 Å². The van der Waals surface area contributed by atoms with Gasteiger partial charge in [0.1, 0.15) is 5.75 Å². The molecule has 0 fully saturated rings. The van der Waals surface area contributed by atoms with Gasteiger partial charge in [-0.25, -0.2) is 4.99 Å². The van der Waals surface area contributed by atoms with E-state index in [9.17, 15) is 0 Å². The molecule has 5 aromatic carbocycles. The number of nitrogens with zero attached hydrogens (tertiary/aromatic N) is 2. The number of rotatable bonds is 20. The topological polar surface area (TPSA) is 84.0 Å². The summed E-state index contributed by atoms with van der Waals surface area (Å²) in [4.78, 5) is 9.19. The SMILES string of the molecule is NC1=NC(c2ccc(OCCCCCCCCCCCP(I)(c3ccccc3)(c3ccccc3)c3ccccc3)cc2)NC(=NCCc2ccccc2)N1. The third-order valence-electron chi connectivity index (χ3n) is 10.4. The zero-order valence-electron chi connectivity index (χ0n) is 31.3. The molecule has 0 saturated heterocycles. The maximum absolute atomic E-state index is 6.09. The van der Waals surface area contributed by atoms with Crippen molar-refractivity contribution in [3.8, 4) is 5.75 Å². The number of hydrogen-bond donors (Lipinski definition) is 3. The molecular formula is C46H55IN5OP. The zero-order valence-corrected chi connectivity index (χ0v) is 34.4. The van der Waals surface area contributed by atoms with Gasteiger partial charge >= 0.3 is 208 Å². The van der Waals surface area contributed by atoms with Gasteiger partial charge in [0.25, 0.3) is 0 Å². The van der Waals surface area contributed by atoms with Crippen LogP contribution >= 0.6 is 26.3 Å². The minimum atomic E-state index is -2.65. The fraction of sp³-hybridized carbons (Fsp3) is 0.304. The second kappa shape index (κ2) is 19.9. The number of nitrogens with two attached hydrogens (primary N) is 1. The van der Waals surface area contributed by atoms with Gasteiger partial charge in [-0.05, 0) is 29.7 Å². The molecule has 0 amide bonds. The Bertz CT molecular complexity index is 1810. The average Bonchev–Trinajstić information content (AvgIpc) is 3.22. The Balaban J connectivity index is 0.877. The first-order valence-electron chi connectivity index (χ1n) is 19.6. The van der Waals surface area contributed by atoms with E-state index >= 15 is 0 Å². The van der Waals surface area contributed by atoms with Crippen LogP contribution in [0, 0.1) is 0 Å². The van der Waals surface area contributed by atoms with Crippen LogP contribution in [0.25, 0.3) is 0 Å². The van der Waals surface area contributed by atoms with E-state index in [4.69, 9.17) is 10.5 Å². The first kappa shape index (κ1) is 39.5. The Morgan fingerprint density at radius 2 is 1.09 bits per heavy atom. The normalized spacial score (nSPS) is 15.7. The van der Waals surface area contributed by atoms with E-state index in [0.717, 1.165) is 30.8 Å². The Kier molecular flexibility index (Phi) is 14.6. The van der Waals surface area contributed by atoms with Gasteiger partial charge in [-0.15, -0.1) is 0 Å². The number of hydrogen-bond acceptors (Lipinski definition) is 4. The molecule has 282 valence electrons. The van der Waals surface area contributed by atoms with Crippen LogP contribution in [0.1, 0.15) is 75.1 Å². The Morgan fingerprint density at radius 3 is 1.63 bits per heavy atom. The summed E-state index contributed by atoms with van der Waals surface area (Å²) in [6, 6.07) is 52.4. The number of aliphatic imine (C=N–C) groups is 2. The molecule has 0 saturated carbocycles. The van der Waals surface area contributed by atoms with Gasteiger partial charge in [0.2, 0.25) is 0 Å². The van der Waals surface area contributed by atoms with Crippen LogP contribution < -0.4 is 37.0 Å². The van der Waals surface area contributed by atoms with E-state index in [1.54, 1.807) is 0 Å². The van der Waals surface area contributed by atoms with Crippen molar-refractivity contribution in [2.45, 2.75) is 70.4 Å². The van der Waals surface area contributed by atoms with Gasteiger partial charge < -0.3 is 11.1 Å². The van der Waals surface area contributed by atoms with Crippen molar-refractivity contribution in [2.24, 2.45) is 15.7 Å². The maximum Gasteiger partial charge on any atom is 0.200 e. The standard InChI is InChI=1S/C46H55IN5OP/c47-54(41-24-14-9-15-25-41,42-26-16-10-17-27-42,43-28-18-11-19-29-43)37-21-7-5-3-1-2-4-6-20-36-53-40-32-30-39(31-33-40)44-50-45(48)52-46(51-44)49-35-34-38-22-12-8-13-23-38/h8-19,22-33,44H,1-7,20-21,34-37H2,(H4,48,49,50,51,52). The second-order valence-corrected chi connectivity index (χ2v) is 24.9. The van der Waals surface area contributed by atoms with E-state index in [0.29, 0.717) is 18.5 Å². The molecule has 1 heterocycles. The molecule has 0 aromatic heterocycles. The minimum Gasteiger partial charge on any atom is -0.330 e. The molecule has 6 nitrogen and oxygen atoms in total. The predicted molar refractivity (Wildman–Crippen MR) is 241 cm³/mol. The van der Waals surface area contributed by atoms with Crippen molar-refractivity contribution in [1.29, 1.82) is 0 Å². The summed E-state index contributed by atoms with van der Waals surface area (Å²) in [6.45, 7) is 1.40. The van der Waals surface area contributed by atoms with Crippen LogP contribution in [0.4, 0.5) is 0 Å². The first-order chi connectivity index (χ1) is 26.5. The molecule has 0 bridgehead atoms. The first-order valence-corrected chi connectivity index (χ1v) is 24.8. The Hall–Kier alpha value is -4.20. The van der Waals surface area contributed by atoms with Gasteiger partial charge in [-0.1, -0.05) is 42.5 Å². The number of nitrogens with one attached hydrogen (secondary N) is 2. The number of unbranched alkanes of at least 4 members (excludes halogenated alkanes) is 8. The van der Waals surface area contributed by atoms with E-state index < -0.39 is 4.25 Å². The van der Waals surface area contributed by atoms with Crippen molar-refractivity contribution >= 4 is 54.1 Å².